The predicted octanol–water partition coefficient (Wildman–Crippen LogP) is 1.94. The van der Waals surface area contributed by atoms with E-state index in [1.807, 2.05) is 41.0 Å². The Morgan fingerprint density at radius 1 is 1.11 bits per heavy atom. The average Bonchev–Trinajstić information content (AvgIpc) is 3.24. The van der Waals surface area contributed by atoms with E-state index in [0.717, 1.165) is 36.8 Å². The summed E-state index contributed by atoms with van der Waals surface area (Å²) in [7, 11) is 0. The van der Waals surface area contributed by atoms with E-state index in [1.54, 1.807) is 0 Å². The Hall–Kier alpha value is -1.92. The van der Waals surface area contributed by atoms with E-state index in [-0.39, 0.29) is 23.5 Å². The maximum Gasteiger partial charge on any atom is 0.251 e. The molecule has 1 aromatic rings. The van der Waals surface area contributed by atoms with Gasteiger partial charge in [-0.2, -0.15) is 0 Å². The van der Waals surface area contributed by atoms with E-state index in [9.17, 15) is 9.59 Å². The predicted molar refractivity (Wildman–Crippen MR) is 105 cm³/mol. The Bertz CT molecular complexity index is 721. The second-order valence-electron chi connectivity index (χ2n) is 8.28. The van der Waals surface area contributed by atoms with E-state index in [2.05, 4.69) is 0 Å². The van der Waals surface area contributed by atoms with Gasteiger partial charge in [0.25, 0.3) is 5.91 Å². The normalized spacial score (nSPS) is 24.5. The number of amides is 2. The topological polar surface area (TPSA) is 59.1 Å². The van der Waals surface area contributed by atoms with E-state index in [0.29, 0.717) is 45.8 Å². The fraction of sp³-hybridized carbons (Fsp3) is 0.636. The minimum absolute atomic E-state index is 0.109. The number of hydrogen-bond acceptors (Lipinski definition) is 4. The molecule has 6 heteroatoms. The zero-order valence-electron chi connectivity index (χ0n) is 16.7. The summed E-state index contributed by atoms with van der Waals surface area (Å²) in [5.41, 5.74) is 1.93. The second-order valence-corrected chi connectivity index (χ2v) is 8.28. The Kier molecular flexibility index (Phi) is 5.69. The Morgan fingerprint density at radius 3 is 2.61 bits per heavy atom. The fourth-order valence-corrected chi connectivity index (χ4v) is 4.56. The Balaban J connectivity index is 1.33. The van der Waals surface area contributed by atoms with E-state index in [4.69, 9.17) is 9.47 Å². The molecule has 28 heavy (non-hydrogen) atoms. The molecule has 2 amide bonds. The van der Waals surface area contributed by atoms with Gasteiger partial charge in [-0.3, -0.25) is 9.59 Å². The SMILES string of the molecule is Cc1ccccc1CC(=O)N1CCC2(CC1)CN(C(=O)[C@H]1CCCO1)CCO2. The van der Waals surface area contributed by atoms with Crippen molar-refractivity contribution in [1.82, 2.24) is 9.80 Å². The van der Waals surface area contributed by atoms with Crippen molar-refractivity contribution in [2.45, 2.75) is 50.7 Å². The van der Waals surface area contributed by atoms with Crippen LogP contribution < -0.4 is 0 Å². The van der Waals surface area contributed by atoms with Gasteiger partial charge in [0.1, 0.15) is 6.10 Å². The van der Waals surface area contributed by atoms with Gasteiger partial charge < -0.3 is 19.3 Å². The molecule has 1 spiro atoms. The Labute approximate surface area is 166 Å². The van der Waals surface area contributed by atoms with Crippen LogP contribution in [0.25, 0.3) is 0 Å². The molecule has 4 rings (SSSR count). The molecule has 0 aliphatic carbocycles. The fourth-order valence-electron chi connectivity index (χ4n) is 4.56. The highest BCUT2D eigenvalue weighted by Crippen LogP contribution is 2.31. The minimum atomic E-state index is -0.314. The zero-order valence-corrected chi connectivity index (χ0v) is 16.7. The lowest BCUT2D eigenvalue weighted by atomic mass is 9.88. The van der Waals surface area contributed by atoms with Crippen molar-refractivity contribution >= 4 is 11.8 Å². The number of benzene rings is 1. The largest absolute Gasteiger partial charge is 0.371 e. The second kappa shape index (κ2) is 8.21. The van der Waals surface area contributed by atoms with Crippen LogP contribution in [0, 0.1) is 6.92 Å². The van der Waals surface area contributed by atoms with Gasteiger partial charge in [-0.15, -0.1) is 0 Å². The van der Waals surface area contributed by atoms with Gasteiger partial charge in [0.2, 0.25) is 5.91 Å². The molecule has 0 unspecified atom stereocenters. The van der Waals surface area contributed by atoms with Crippen molar-refractivity contribution in [3.63, 3.8) is 0 Å². The highest BCUT2D eigenvalue weighted by Gasteiger charge is 2.43. The number of rotatable bonds is 3. The summed E-state index contributed by atoms with van der Waals surface area (Å²) in [5.74, 6) is 0.283. The molecule has 1 aromatic carbocycles. The average molecular weight is 386 g/mol. The molecule has 0 saturated carbocycles. The maximum atomic E-state index is 12.7. The van der Waals surface area contributed by atoms with E-state index < -0.39 is 0 Å². The molecule has 3 aliphatic rings. The third-order valence-corrected chi connectivity index (χ3v) is 6.40. The van der Waals surface area contributed by atoms with Crippen LogP contribution in [0.2, 0.25) is 0 Å². The van der Waals surface area contributed by atoms with Crippen LogP contribution in [0.15, 0.2) is 24.3 Å². The molecular weight excluding hydrogens is 356 g/mol. The number of hydrogen-bond donors (Lipinski definition) is 0. The molecule has 3 saturated heterocycles. The molecule has 0 bridgehead atoms. The highest BCUT2D eigenvalue weighted by atomic mass is 16.5. The number of carbonyl (C=O) groups excluding carboxylic acids is 2. The first kappa shape index (κ1) is 19.4. The molecule has 3 fully saturated rings. The van der Waals surface area contributed by atoms with E-state index in [1.165, 1.54) is 0 Å². The molecule has 0 radical (unpaired) electrons. The molecule has 0 aromatic heterocycles. The first-order valence-electron chi connectivity index (χ1n) is 10.4. The van der Waals surface area contributed by atoms with Crippen LogP contribution in [-0.2, 0) is 25.5 Å². The van der Waals surface area contributed by atoms with Gasteiger partial charge in [0.05, 0.1) is 18.6 Å². The van der Waals surface area contributed by atoms with Gasteiger partial charge in [-0.1, -0.05) is 24.3 Å². The van der Waals surface area contributed by atoms with Crippen molar-refractivity contribution in [3.8, 4) is 0 Å². The summed E-state index contributed by atoms with van der Waals surface area (Å²) in [6.45, 7) is 5.92. The Morgan fingerprint density at radius 2 is 1.89 bits per heavy atom. The summed E-state index contributed by atoms with van der Waals surface area (Å²) in [5, 5.41) is 0. The number of aryl methyl sites for hydroxylation is 1. The first-order chi connectivity index (χ1) is 13.6. The molecule has 0 N–H and O–H groups in total. The number of nitrogens with zero attached hydrogens (tertiary/aromatic N) is 2. The number of morpholine rings is 1. The van der Waals surface area contributed by atoms with Crippen molar-refractivity contribution in [1.29, 1.82) is 0 Å². The summed E-state index contributed by atoms with van der Waals surface area (Å²) < 4.78 is 11.7. The molecule has 152 valence electrons. The smallest absolute Gasteiger partial charge is 0.251 e. The van der Waals surface area contributed by atoms with Gasteiger partial charge >= 0.3 is 0 Å². The molecule has 6 nitrogen and oxygen atoms in total. The van der Waals surface area contributed by atoms with Crippen molar-refractivity contribution < 1.29 is 19.1 Å². The summed E-state index contributed by atoms with van der Waals surface area (Å²) in [4.78, 5) is 29.3. The van der Waals surface area contributed by atoms with E-state index >= 15 is 0 Å². The van der Waals surface area contributed by atoms with Crippen LogP contribution in [0.1, 0.15) is 36.8 Å². The third kappa shape index (κ3) is 4.08. The van der Waals surface area contributed by atoms with Gasteiger partial charge in [0.15, 0.2) is 0 Å². The number of likely N-dealkylation sites (tertiary alicyclic amines) is 1. The summed E-state index contributed by atoms with van der Waals surface area (Å²) >= 11 is 0. The van der Waals surface area contributed by atoms with Gasteiger partial charge in [-0.05, 0) is 43.7 Å². The quantitative estimate of drug-likeness (QED) is 0.797. The monoisotopic (exact) mass is 386 g/mol. The number of ether oxygens (including phenoxy) is 2. The lowest BCUT2D eigenvalue weighted by Gasteiger charge is -2.47. The van der Waals surface area contributed by atoms with Crippen LogP contribution in [0.3, 0.4) is 0 Å². The van der Waals surface area contributed by atoms with Crippen molar-refractivity contribution in [3.05, 3.63) is 35.4 Å². The standard InChI is InChI=1S/C22H30N2O4/c1-17-5-2-3-6-18(17)15-20(25)23-10-8-22(9-11-23)16-24(12-14-28-22)21(26)19-7-4-13-27-19/h2-3,5-6,19H,4,7-16H2,1H3/t19-/m1/s1. The van der Waals surface area contributed by atoms with Gasteiger partial charge in [-0.25, -0.2) is 0 Å². The minimum Gasteiger partial charge on any atom is -0.371 e. The van der Waals surface area contributed by atoms with Crippen LogP contribution >= 0.6 is 0 Å². The molecule has 1 atom stereocenters. The van der Waals surface area contributed by atoms with Crippen LogP contribution in [-0.4, -0.2) is 72.7 Å². The third-order valence-electron chi connectivity index (χ3n) is 6.40. The van der Waals surface area contributed by atoms with Gasteiger partial charge in [0, 0.05) is 32.8 Å². The number of piperidine rings is 1. The lowest BCUT2D eigenvalue weighted by Crippen LogP contribution is -2.59. The maximum absolute atomic E-state index is 12.7. The van der Waals surface area contributed by atoms with Crippen LogP contribution in [0.5, 0.6) is 0 Å². The number of carbonyl (C=O) groups is 2. The van der Waals surface area contributed by atoms with Crippen LogP contribution in [0.4, 0.5) is 0 Å². The van der Waals surface area contributed by atoms with Crippen molar-refractivity contribution in [2.75, 3.05) is 39.4 Å². The molecular formula is C22H30N2O4. The molecule has 3 aliphatic heterocycles. The summed E-state index contributed by atoms with van der Waals surface area (Å²) in [6.07, 6.45) is 3.52. The van der Waals surface area contributed by atoms with Crippen molar-refractivity contribution in [2.24, 2.45) is 0 Å². The first-order valence-corrected chi connectivity index (χ1v) is 10.4. The molecule has 3 heterocycles. The zero-order chi connectivity index (χ0) is 19.6. The summed E-state index contributed by atoms with van der Waals surface area (Å²) in [6, 6.07) is 8.05. The lowest BCUT2D eigenvalue weighted by molar-refractivity contribution is -0.168. The highest BCUT2D eigenvalue weighted by molar-refractivity contribution is 5.81.